The first-order chi connectivity index (χ1) is 19.1. The molecule has 1 amide bonds. The number of ether oxygens (including phenoxy) is 4. The zero-order valence-electron chi connectivity index (χ0n) is 21.3. The largest absolute Gasteiger partial charge is 0.397 e. The topological polar surface area (TPSA) is 274 Å². The summed E-state index contributed by atoms with van der Waals surface area (Å²) in [6.07, 6.45) is -15.9. The van der Waals surface area contributed by atoms with Crippen LogP contribution in [0.5, 0.6) is 0 Å². The molecule has 0 aliphatic carbocycles. The lowest BCUT2D eigenvalue weighted by atomic mass is 9.95. The number of nitrogens with one attached hydrogen (secondary N) is 1. The van der Waals surface area contributed by atoms with E-state index in [0.29, 0.717) is 5.56 Å². The number of aliphatic hydroxyl groups excluding tert-OH is 4. The van der Waals surface area contributed by atoms with Gasteiger partial charge in [-0.1, -0.05) is 30.3 Å². The number of amides is 1. The van der Waals surface area contributed by atoms with E-state index in [-0.39, 0.29) is 6.61 Å². The number of carbonyl (C=O) groups excluding carboxylic acids is 1. The molecule has 2 saturated heterocycles. The van der Waals surface area contributed by atoms with Gasteiger partial charge in [-0.05, 0) is 5.56 Å². The lowest BCUT2D eigenvalue weighted by Gasteiger charge is -2.47. The zero-order chi connectivity index (χ0) is 30.5. The summed E-state index contributed by atoms with van der Waals surface area (Å²) in [6.45, 7) is -1.08. The SMILES string of the molecule is CC(=O)N[C@H]1[C@H](O[C@H]2[C@H](OCc3ccccc3)[C@@H](O)[C@H](O)O[C@@H]2CO)O[C@H](COS(=O)(=O)O)[C@@H](OS(=O)(=O)O)[C@@H]1O. The van der Waals surface area contributed by atoms with Crippen molar-refractivity contribution in [3.05, 3.63) is 35.9 Å². The van der Waals surface area contributed by atoms with Gasteiger partial charge >= 0.3 is 20.8 Å². The van der Waals surface area contributed by atoms with Crippen LogP contribution >= 0.6 is 0 Å². The van der Waals surface area contributed by atoms with Crippen LogP contribution in [0.1, 0.15) is 12.5 Å². The van der Waals surface area contributed by atoms with E-state index in [4.69, 9.17) is 23.5 Å². The number of hydrogen-bond donors (Lipinski definition) is 7. The molecule has 10 atom stereocenters. The average Bonchev–Trinajstić information content (AvgIpc) is 2.87. The molecule has 0 unspecified atom stereocenters. The summed E-state index contributed by atoms with van der Waals surface area (Å²) in [5.74, 6) is -0.796. The summed E-state index contributed by atoms with van der Waals surface area (Å²) in [7, 11) is -10.4. The van der Waals surface area contributed by atoms with Gasteiger partial charge in [0.05, 0.1) is 19.8 Å². The monoisotopic (exact) mass is 633 g/mol. The molecular weight excluding hydrogens is 602 g/mol. The third-order valence-electron chi connectivity index (χ3n) is 6.05. The molecule has 2 aliphatic rings. The molecule has 0 aromatic heterocycles. The van der Waals surface area contributed by atoms with Crippen LogP contribution in [0.3, 0.4) is 0 Å². The van der Waals surface area contributed by atoms with E-state index in [1.54, 1.807) is 30.3 Å². The predicted octanol–water partition coefficient (Wildman–Crippen LogP) is -3.37. The van der Waals surface area contributed by atoms with E-state index in [1.807, 2.05) is 0 Å². The van der Waals surface area contributed by atoms with Gasteiger partial charge in [0.2, 0.25) is 5.91 Å². The van der Waals surface area contributed by atoms with Crippen molar-refractivity contribution in [1.29, 1.82) is 0 Å². The van der Waals surface area contributed by atoms with Crippen molar-refractivity contribution < 1.29 is 78.5 Å². The third kappa shape index (κ3) is 9.56. The Morgan fingerprint density at radius 3 is 2.15 bits per heavy atom. The molecule has 0 bridgehead atoms. The van der Waals surface area contributed by atoms with E-state index in [1.165, 1.54) is 0 Å². The van der Waals surface area contributed by atoms with Crippen LogP contribution in [-0.4, -0.2) is 127 Å². The summed E-state index contributed by atoms with van der Waals surface area (Å²) in [5.41, 5.74) is 0.646. The van der Waals surface area contributed by atoms with Crippen molar-refractivity contribution in [3.8, 4) is 0 Å². The summed E-state index contributed by atoms with van der Waals surface area (Å²) in [4.78, 5) is 11.9. The van der Waals surface area contributed by atoms with Gasteiger partial charge in [-0.25, -0.2) is 8.37 Å². The highest BCUT2D eigenvalue weighted by molar-refractivity contribution is 7.81. The number of aliphatic hydroxyl groups is 4. The lowest BCUT2D eigenvalue weighted by molar-refractivity contribution is -0.345. The molecular formula is C21H31NO17S2. The lowest BCUT2D eigenvalue weighted by Crippen LogP contribution is -2.68. The minimum absolute atomic E-state index is 0.119. The number of carbonyl (C=O) groups is 1. The fourth-order valence-electron chi connectivity index (χ4n) is 4.30. The Balaban J connectivity index is 1.95. The molecule has 0 radical (unpaired) electrons. The van der Waals surface area contributed by atoms with Gasteiger partial charge in [-0.3, -0.25) is 13.9 Å². The van der Waals surface area contributed by atoms with Gasteiger partial charge in [0.1, 0.15) is 48.8 Å². The maximum atomic E-state index is 11.9. The highest BCUT2D eigenvalue weighted by Gasteiger charge is 2.53. The van der Waals surface area contributed by atoms with Gasteiger partial charge in [0.15, 0.2) is 12.6 Å². The van der Waals surface area contributed by atoms with Gasteiger partial charge < -0.3 is 44.7 Å². The first-order valence-corrected chi connectivity index (χ1v) is 14.6. The molecule has 2 aliphatic heterocycles. The van der Waals surface area contributed by atoms with Gasteiger partial charge in [0, 0.05) is 6.92 Å². The summed E-state index contributed by atoms with van der Waals surface area (Å²) >= 11 is 0. The normalized spacial score (nSPS) is 34.7. The minimum atomic E-state index is -5.30. The molecule has 7 N–H and O–H groups in total. The van der Waals surface area contributed by atoms with Crippen molar-refractivity contribution in [2.24, 2.45) is 0 Å². The highest BCUT2D eigenvalue weighted by atomic mass is 32.3. The Morgan fingerprint density at radius 2 is 1.59 bits per heavy atom. The van der Waals surface area contributed by atoms with E-state index in [9.17, 15) is 46.6 Å². The first-order valence-electron chi connectivity index (χ1n) is 11.9. The molecule has 1 aromatic rings. The van der Waals surface area contributed by atoms with Crippen LogP contribution in [0.25, 0.3) is 0 Å². The summed E-state index contributed by atoms with van der Waals surface area (Å²) in [5, 5.41) is 43.9. The van der Waals surface area contributed by atoms with Crippen molar-refractivity contribution in [2.45, 2.75) is 74.9 Å². The zero-order valence-corrected chi connectivity index (χ0v) is 22.9. The fraction of sp³-hybridized carbons (Fsp3) is 0.667. The van der Waals surface area contributed by atoms with Crippen LogP contribution < -0.4 is 5.32 Å². The Bertz CT molecular complexity index is 1220. The van der Waals surface area contributed by atoms with Crippen LogP contribution in [0, 0.1) is 0 Å². The smallest absolute Gasteiger partial charge is 0.394 e. The minimum Gasteiger partial charge on any atom is -0.394 e. The predicted molar refractivity (Wildman–Crippen MR) is 130 cm³/mol. The summed E-state index contributed by atoms with van der Waals surface area (Å²) < 4.78 is 94.3. The van der Waals surface area contributed by atoms with Crippen LogP contribution in [0.4, 0.5) is 0 Å². The molecule has 18 nitrogen and oxygen atoms in total. The van der Waals surface area contributed by atoms with Crippen molar-refractivity contribution >= 4 is 26.7 Å². The molecule has 0 saturated carbocycles. The van der Waals surface area contributed by atoms with Gasteiger partial charge in [-0.15, -0.1) is 0 Å². The molecule has 0 spiro atoms. The third-order valence-corrected chi connectivity index (χ3v) is 6.95. The van der Waals surface area contributed by atoms with Crippen LogP contribution in [0.2, 0.25) is 0 Å². The van der Waals surface area contributed by atoms with E-state index >= 15 is 0 Å². The first kappa shape index (κ1) is 33.6. The Kier molecular flexibility index (Phi) is 11.5. The van der Waals surface area contributed by atoms with Crippen LogP contribution in [0.15, 0.2) is 30.3 Å². The molecule has 2 fully saturated rings. The number of benzene rings is 1. The van der Waals surface area contributed by atoms with E-state index < -0.39 is 101 Å². The van der Waals surface area contributed by atoms with Gasteiger partial charge in [-0.2, -0.15) is 16.8 Å². The average molecular weight is 634 g/mol. The fourth-order valence-corrected chi connectivity index (χ4v) is 5.13. The molecule has 234 valence electrons. The second-order valence-electron chi connectivity index (χ2n) is 9.06. The van der Waals surface area contributed by atoms with Crippen LogP contribution in [-0.2, 0) is 59.5 Å². The second-order valence-corrected chi connectivity index (χ2v) is 11.2. The number of rotatable bonds is 12. The van der Waals surface area contributed by atoms with Crippen molar-refractivity contribution in [3.63, 3.8) is 0 Å². The maximum Gasteiger partial charge on any atom is 0.397 e. The molecule has 2 heterocycles. The second kappa shape index (κ2) is 14.1. The Hall–Kier alpha value is -1.89. The molecule has 20 heteroatoms. The standard InChI is InChI=1S/C21H31NO17S2/c1-10(24)22-14-15(25)17(39-41(31,32)33)13(9-35-40(28,29)30)37-21(14)38-18-12(7-23)36-20(27)16(26)19(18)34-8-11-5-3-2-4-6-11/h2-6,12-21,23,25-27H,7-9H2,1H3,(H,22,24)(H,28,29,30)(H,31,32,33)/t12-,13-,14-,15-,16-,17-,18-,19-,20-,21+/m1/s1. The van der Waals surface area contributed by atoms with Crippen molar-refractivity contribution in [2.75, 3.05) is 13.2 Å². The van der Waals surface area contributed by atoms with Crippen molar-refractivity contribution in [1.82, 2.24) is 5.32 Å². The highest BCUT2D eigenvalue weighted by Crippen LogP contribution is 2.32. The summed E-state index contributed by atoms with van der Waals surface area (Å²) in [6, 6.07) is 6.88. The quantitative estimate of drug-likeness (QED) is 0.111. The molecule has 41 heavy (non-hydrogen) atoms. The van der Waals surface area contributed by atoms with E-state index in [0.717, 1.165) is 6.92 Å². The number of hydrogen-bond acceptors (Lipinski definition) is 15. The maximum absolute atomic E-state index is 11.9. The Morgan fingerprint density at radius 1 is 0.927 bits per heavy atom. The van der Waals surface area contributed by atoms with E-state index in [2.05, 4.69) is 13.7 Å². The molecule has 1 aromatic carbocycles. The Labute approximate surface area is 234 Å². The molecule has 3 rings (SSSR count). The van der Waals surface area contributed by atoms with Gasteiger partial charge in [0.25, 0.3) is 0 Å².